The van der Waals surface area contributed by atoms with Gasteiger partial charge in [0.2, 0.25) is 0 Å². The standard InChI is InChI=1S/C20H26.C4H10.C3H6.2C2H4.C2H2/c1-15-6-5-7-19(12-15)10-8-16(2)13-20-11-9-17(3)18(4)14-20;1-3-4-2;1-2-3-1;3*1-2/h5-7,9,11-12,14,16H,8,10,13H2,1-4H3;3-4H2,1-2H3;1-3H2;2*1-2H2;1-2H. The smallest absolute Gasteiger partial charge is 0.0253 e. The van der Waals surface area contributed by atoms with Gasteiger partial charge in [-0.2, -0.15) is 0 Å². The Morgan fingerprint density at radius 3 is 1.73 bits per heavy atom. The summed E-state index contributed by atoms with van der Waals surface area (Å²) < 4.78 is 0. The molecule has 1 aliphatic carbocycles. The monoisotopic (exact) mass is 448 g/mol. The summed E-state index contributed by atoms with van der Waals surface area (Å²) >= 11 is 0. The molecule has 1 aliphatic rings. The van der Waals surface area contributed by atoms with E-state index in [9.17, 15) is 0 Å². The summed E-state index contributed by atoms with van der Waals surface area (Å²) in [5, 5.41) is 0. The van der Waals surface area contributed by atoms with Gasteiger partial charge in [0.1, 0.15) is 0 Å². The zero-order valence-corrected chi connectivity index (χ0v) is 22.8. The highest BCUT2D eigenvalue weighted by molar-refractivity contribution is 5.30. The highest BCUT2D eigenvalue weighted by atomic mass is 14.1. The van der Waals surface area contributed by atoms with Crippen LogP contribution in [0, 0.1) is 39.5 Å². The van der Waals surface area contributed by atoms with E-state index in [0.717, 1.165) is 5.92 Å². The maximum Gasteiger partial charge on any atom is -0.0253 e. The van der Waals surface area contributed by atoms with Crippen molar-refractivity contribution in [3.05, 3.63) is 96.6 Å². The van der Waals surface area contributed by atoms with Crippen molar-refractivity contribution in [3.63, 3.8) is 0 Å². The molecule has 3 rings (SSSR count). The zero-order valence-electron chi connectivity index (χ0n) is 22.8. The van der Waals surface area contributed by atoms with Gasteiger partial charge in [0.25, 0.3) is 0 Å². The zero-order chi connectivity index (χ0) is 26.1. The van der Waals surface area contributed by atoms with Crippen molar-refractivity contribution >= 4 is 0 Å². The summed E-state index contributed by atoms with van der Waals surface area (Å²) in [5.74, 6) is 0.734. The Bertz CT molecular complexity index is 698. The molecule has 0 spiro atoms. The molecule has 184 valence electrons. The third-order valence-corrected chi connectivity index (χ3v) is 5.02. The second-order valence-electron chi connectivity index (χ2n) is 8.32. The fourth-order valence-electron chi connectivity index (χ4n) is 2.72. The molecule has 0 aliphatic heterocycles. The molecule has 0 nitrogen and oxygen atoms in total. The van der Waals surface area contributed by atoms with Crippen LogP contribution >= 0.6 is 0 Å². The van der Waals surface area contributed by atoms with Crippen molar-refractivity contribution in [2.24, 2.45) is 5.92 Å². The van der Waals surface area contributed by atoms with Gasteiger partial charge >= 0.3 is 0 Å². The Hall–Kier alpha value is -2.52. The number of rotatable bonds is 6. The van der Waals surface area contributed by atoms with Crippen molar-refractivity contribution < 1.29 is 0 Å². The lowest BCUT2D eigenvalue weighted by Crippen LogP contribution is -2.02. The number of hydrogen-bond acceptors (Lipinski definition) is 0. The summed E-state index contributed by atoms with van der Waals surface area (Å²) in [7, 11) is 0. The normalized spacial score (nSPS) is 10.9. The number of hydrogen-bond donors (Lipinski definition) is 0. The predicted molar refractivity (Wildman–Crippen MR) is 155 cm³/mol. The lowest BCUT2D eigenvalue weighted by atomic mass is 9.93. The Kier molecular flexibility index (Phi) is 27.4. The molecule has 0 aromatic heterocycles. The van der Waals surface area contributed by atoms with Gasteiger partial charge in [0, 0.05) is 0 Å². The van der Waals surface area contributed by atoms with Gasteiger partial charge in [-0.1, -0.05) is 101 Å². The SMILES string of the molecule is C#C.C1CC1.C=C.C=C.CCCC.Cc1cccc(CCC(C)Cc2ccc(C)c(C)c2)c1. The van der Waals surface area contributed by atoms with E-state index in [0.29, 0.717) is 0 Å². The predicted octanol–water partition coefficient (Wildman–Crippen LogP) is 10.3. The van der Waals surface area contributed by atoms with Crippen molar-refractivity contribution in [2.45, 2.75) is 92.9 Å². The third-order valence-electron chi connectivity index (χ3n) is 5.02. The second kappa shape index (κ2) is 25.7. The fraction of sp³-hybridized carbons (Fsp3) is 0.455. The van der Waals surface area contributed by atoms with Crippen LogP contribution in [0.4, 0.5) is 0 Å². The highest BCUT2D eigenvalue weighted by Gasteiger charge is 2.05. The molecule has 0 radical (unpaired) electrons. The van der Waals surface area contributed by atoms with Crippen LogP contribution in [-0.2, 0) is 12.8 Å². The minimum atomic E-state index is 0.734. The Morgan fingerprint density at radius 2 is 1.30 bits per heavy atom. The first-order valence-electron chi connectivity index (χ1n) is 12.4. The van der Waals surface area contributed by atoms with Crippen LogP contribution in [0.15, 0.2) is 68.8 Å². The van der Waals surface area contributed by atoms with Gasteiger partial charge in [0.15, 0.2) is 0 Å². The van der Waals surface area contributed by atoms with Crippen LogP contribution in [-0.4, -0.2) is 0 Å². The van der Waals surface area contributed by atoms with Crippen LogP contribution in [0.2, 0.25) is 0 Å². The number of benzene rings is 2. The van der Waals surface area contributed by atoms with Crippen LogP contribution in [0.5, 0.6) is 0 Å². The van der Waals surface area contributed by atoms with E-state index < -0.39 is 0 Å². The van der Waals surface area contributed by atoms with Crippen LogP contribution < -0.4 is 0 Å². The average molecular weight is 449 g/mol. The lowest BCUT2D eigenvalue weighted by molar-refractivity contribution is 0.530. The summed E-state index contributed by atoms with van der Waals surface area (Å²) in [5.41, 5.74) is 7.11. The van der Waals surface area contributed by atoms with Crippen molar-refractivity contribution in [2.75, 3.05) is 0 Å². The minimum absolute atomic E-state index is 0.734. The first kappa shape index (κ1) is 35.1. The van der Waals surface area contributed by atoms with E-state index >= 15 is 0 Å². The topological polar surface area (TPSA) is 0 Å². The molecule has 0 saturated heterocycles. The molecule has 0 amide bonds. The van der Waals surface area contributed by atoms with E-state index in [-0.39, 0.29) is 0 Å². The van der Waals surface area contributed by atoms with Crippen molar-refractivity contribution in [3.8, 4) is 12.8 Å². The Labute approximate surface area is 208 Å². The van der Waals surface area contributed by atoms with Gasteiger partial charge < -0.3 is 0 Å². The molecule has 0 heteroatoms. The Morgan fingerprint density at radius 1 is 0.758 bits per heavy atom. The van der Waals surface area contributed by atoms with Crippen molar-refractivity contribution in [1.29, 1.82) is 0 Å². The molecule has 0 bridgehead atoms. The van der Waals surface area contributed by atoms with Crippen molar-refractivity contribution in [1.82, 2.24) is 0 Å². The van der Waals surface area contributed by atoms with Gasteiger partial charge in [-0.25, -0.2) is 0 Å². The van der Waals surface area contributed by atoms with E-state index in [4.69, 9.17) is 0 Å². The molecule has 0 heterocycles. The summed E-state index contributed by atoms with van der Waals surface area (Å²) in [6, 6.07) is 15.8. The van der Waals surface area contributed by atoms with Gasteiger partial charge in [-0.05, 0) is 68.2 Å². The molecule has 1 saturated carbocycles. The van der Waals surface area contributed by atoms with Crippen LogP contribution in [0.3, 0.4) is 0 Å². The molecule has 1 unspecified atom stereocenters. The maximum absolute atomic E-state index is 4.00. The summed E-state index contributed by atoms with van der Waals surface area (Å²) in [6.07, 6.45) is 18.8. The van der Waals surface area contributed by atoms with E-state index in [2.05, 4.69) is 123 Å². The third kappa shape index (κ3) is 22.5. The molecule has 2 aromatic carbocycles. The largest absolute Gasteiger partial charge is 0.124 e. The van der Waals surface area contributed by atoms with Gasteiger partial charge in [-0.15, -0.1) is 39.2 Å². The molecule has 2 aromatic rings. The molecular formula is C33H52. The fourth-order valence-corrected chi connectivity index (χ4v) is 2.72. The number of unbranched alkanes of at least 4 members (excludes halogenated alkanes) is 1. The first-order valence-corrected chi connectivity index (χ1v) is 12.4. The lowest BCUT2D eigenvalue weighted by Gasteiger charge is -2.13. The van der Waals surface area contributed by atoms with E-state index in [1.54, 1.807) is 0 Å². The first-order chi connectivity index (χ1) is 16.0. The molecular weight excluding hydrogens is 396 g/mol. The second-order valence-corrected chi connectivity index (χ2v) is 8.32. The molecule has 33 heavy (non-hydrogen) atoms. The maximum atomic E-state index is 4.00. The minimum Gasteiger partial charge on any atom is -0.124 e. The summed E-state index contributed by atoms with van der Waals surface area (Å²) in [6.45, 7) is 25.3. The van der Waals surface area contributed by atoms with E-state index in [1.165, 1.54) is 79.2 Å². The average Bonchev–Trinajstić information content (AvgIpc) is 3.74. The van der Waals surface area contributed by atoms with Gasteiger partial charge in [-0.3, -0.25) is 0 Å². The molecule has 1 fully saturated rings. The number of terminal acetylenes is 1. The van der Waals surface area contributed by atoms with E-state index in [1.807, 2.05) is 0 Å². The highest BCUT2D eigenvalue weighted by Crippen LogP contribution is 2.18. The van der Waals surface area contributed by atoms with Crippen LogP contribution in [0.1, 0.15) is 87.1 Å². The number of aryl methyl sites for hydroxylation is 4. The molecule has 0 N–H and O–H groups in total. The molecule has 1 atom stereocenters. The Balaban J connectivity index is -0.000000575. The van der Waals surface area contributed by atoms with Gasteiger partial charge in [0.05, 0.1) is 0 Å². The van der Waals surface area contributed by atoms with Crippen LogP contribution in [0.25, 0.3) is 0 Å². The summed E-state index contributed by atoms with van der Waals surface area (Å²) in [4.78, 5) is 0. The quantitative estimate of drug-likeness (QED) is 0.304.